The minimum atomic E-state index is -0.164. The van der Waals surface area contributed by atoms with E-state index in [0.29, 0.717) is 0 Å². The number of aliphatic imine (C=N–C) groups is 2. The molecule has 1 amide bonds. The molecule has 3 heterocycles. The van der Waals surface area contributed by atoms with E-state index in [1.54, 1.807) is 12.1 Å². The molecule has 0 saturated heterocycles. The first-order valence-corrected chi connectivity index (χ1v) is 9.84. The van der Waals surface area contributed by atoms with Crippen molar-refractivity contribution in [2.45, 2.75) is 32.2 Å². The topological polar surface area (TPSA) is 92.7 Å². The van der Waals surface area contributed by atoms with Crippen molar-refractivity contribution in [1.29, 1.82) is 0 Å². The number of phenols is 1. The van der Waals surface area contributed by atoms with E-state index in [-0.39, 0.29) is 18.2 Å². The van der Waals surface area contributed by atoms with Crippen molar-refractivity contribution in [3.8, 4) is 16.9 Å². The second-order valence-corrected chi connectivity index (χ2v) is 7.32. The largest absolute Gasteiger partial charge is 0.508 e. The average Bonchev–Trinajstić information content (AvgIpc) is 3.40. The maximum Gasteiger partial charge on any atom is 0.267 e. The van der Waals surface area contributed by atoms with Crippen molar-refractivity contribution < 1.29 is 9.90 Å². The molecule has 3 aromatic rings. The molecule has 29 heavy (non-hydrogen) atoms. The summed E-state index contributed by atoms with van der Waals surface area (Å²) in [4.78, 5) is 26.1. The molecule has 2 aliphatic rings. The summed E-state index contributed by atoms with van der Waals surface area (Å²) in [6.07, 6.45) is 12.0. The van der Waals surface area contributed by atoms with E-state index < -0.39 is 0 Å². The van der Waals surface area contributed by atoms with Crippen LogP contribution >= 0.6 is 0 Å². The summed E-state index contributed by atoms with van der Waals surface area (Å²) < 4.78 is 2.24. The van der Waals surface area contributed by atoms with Gasteiger partial charge in [-0.15, -0.1) is 0 Å². The molecule has 0 bridgehead atoms. The molecule has 5 rings (SSSR count). The maximum absolute atomic E-state index is 10.2. The van der Waals surface area contributed by atoms with Crippen molar-refractivity contribution in [2.75, 3.05) is 6.54 Å². The predicted molar refractivity (Wildman–Crippen MR) is 113 cm³/mol. The van der Waals surface area contributed by atoms with Gasteiger partial charge in [0.2, 0.25) is 0 Å². The Morgan fingerprint density at radius 2 is 1.83 bits per heavy atom. The first-order valence-electron chi connectivity index (χ1n) is 9.84. The Kier molecular flexibility index (Phi) is 5.74. The third-order valence-corrected chi connectivity index (χ3v) is 5.22. The van der Waals surface area contributed by atoms with E-state index in [0.717, 1.165) is 34.8 Å². The third kappa shape index (κ3) is 4.74. The van der Waals surface area contributed by atoms with Crippen molar-refractivity contribution in [3.63, 3.8) is 0 Å². The van der Waals surface area contributed by atoms with Gasteiger partial charge in [-0.2, -0.15) is 0 Å². The summed E-state index contributed by atoms with van der Waals surface area (Å²) in [5.74, 6) is 0.890. The van der Waals surface area contributed by atoms with Crippen molar-refractivity contribution in [2.24, 2.45) is 15.9 Å². The van der Waals surface area contributed by atoms with E-state index in [2.05, 4.69) is 30.6 Å². The highest BCUT2D eigenvalue weighted by atomic mass is 16.3. The number of nitrogens with zero attached hydrogens (tertiary/aromatic N) is 5. The molecule has 148 valence electrons. The normalized spacial score (nSPS) is 16.2. The number of benzene rings is 1. The molecular weight excluding hydrogens is 366 g/mol. The molecule has 1 fully saturated rings. The fraction of sp³-hybridized carbons (Fsp3) is 0.318. The van der Waals surface area contributed by atoms with E-state index in [1.165, 1.54) is 38.1 Å². The van der Waals surface area contributed by atoms with E-state index in [9.17, 15) is 9.90 Å². The molecule has 1 aliphatic heterocycles. The van der Waals surface area contributed by atoms with Crippen LogP contribution in [0.2, 0.25) is 0 Å². The molecule has 7 nitrogen and oxygen atoms in total. The Morgan fingerprint density at radius 3 is 2.48 bits per heavy atom. The fourth-order valence-electron chi connectivity index (χ4n) is 3.71. The molecule has 0 atom stereocenters. The molecule has 1 aromatic carbocycles. The van der Waals surface area contributed by atoms with Gasteiger partial charge < -0.3 is 9.67 Å². The molecule has 2 aromatic heterocycles. The van der Waals surface area contributed by atoms with Crippen LogP contribution < -0.4 is 0 Å². The number of fused-ring (bicyclic) bond motifs is 1. The van der Waals surface area contributed by atoms with Crippen LogP contribution in [0.25, 0.3) is 22.3 Å². The van der Waals surface area contributed by atoms with Gasteiger partial charge in [0.15, 0.2) is 5.65 Å². The van der Waals surface area contributed by atoms with E-state index in [4.69, 9.17) is 0 Å². The second kappa shape index (κ2) is 8.77. The van der Waals surface area contributed by atoms with Crippen LogP contribution in [-0.2, 0) is 11.3 Å². The molecule has 7 heteroatoms. The van der Waals surface area contributed by atoms with Crippen LogP contribution in [0.3, 0.4) is 0 Å². The Morgan fingerprint density at radius 1 is 1.03 bits per heavy atom. The first-order chi connectivity index (χ1) is 14.2. The monoisotopic (exact) mass is 389 g/mol. The highest BCUT2D eigenvalue weighted by Gasteiger charge is 2.17. The van der Waals surface area contributed by atoms with Crippen LogP contribution in [0, 0.1) is 5.92 Å². The number of imidazole rings is 1. The molecule has 1 N–H and O–H groups in total. The predicted octanol–water partition coefficient (Wildman–Crippen LogP) is 3.66. The minimum absolute atomic E-state index is 0.164. The van der Waals surface area contributed by atoms with Crippen LogP contribution in [-0.4, -0.2) is 44.5 Å². The summed E-state index contributed by atoms with van der Waals surface area (Å²) in [6.45, 7) is 1.26. The highest BCUT2D eigenvalue weighted by Crippen LogP contribution is 2.28. The number of amides is 1. The van der Waals surface area contributed by atoms with Crippen LogP contribution in [0.4, 0.5) is 0 Å². The number of rotatable bonds is 3. The van der Waals surface area contributed by atoms with Gasteiger partial charge in [-0.3, -0.25) is 9.79 Å². The summed E-state index contributed by atoms with van der Waals surface area (Å²) >= 11 is 0. The number of carbonyl (C=O) groups excluding carboxylic acids is 1. The van der Waals surface area contributed by atoms with Gasteiger partial charge in [-0.05, 0) is 42.5 Å². The number of aromatic hydroxyl groups is 1. The Labute approximate surface area is 168 Å². The van der Waals surface area contributed by atoms with Gasteiger partial charge in [0.05, 0.1) is 11.8 Å². The maximum atomic E-state index is 10.2. The van der Waals surface area contributed by atoms with Gasteiger partial charge in [0.1, 0.15) is 12.3 Å². The number of carbonyl (C=O) groups is 1. The minimum Gasteiger partial charge on any atom is -0.508 e. The van der Waals surface area contributed by atoms with Gasteiger partial charge in [0, 0.05) is 30.7 Å². The van der Waals surface area contributed by atoms with Crippen molar-refractivity contribution >= 4 is 29.5 Å². The molecule has 0 radical (unpaired) electrons. The van der Waals surface area contributed by atoms with Crippen LogP contribution in [0.5, 0.6) is 5.75 Å². The Bertz CT molecular complexity index is 1050. The second-order valence-electron chi connectivity index (χ2n) is 7.32. The summed E-state index contributed by atoms with van der Waals surface area (Å²) in [5, 5.41) is 9.42. The number of phenolic OH excluding ortho intramolecular Hbond substituents is 1. The lowest BCUT2D eigenvalue weighted by Gasteiger charge is -2.11. The molecular formula is C22H23N5O2. The van der Waals surface area contributed by atoms with Crippen LogP contribution in [0.15, 0.2) is 52.8 Å². The molecule has 1 saturated carbocycles. The van der Waals surface area contributed by atoms with Crippen LogP contribution in [0.1, 0.15) is 25.7 Å². The first kappa shape index (κ1) is 19.0. The number of hydrogen-bond donors (Lipinski definition) is 1. The highest BCUT2D eigenvalue weighted by molar-refractivity contribution is 6.20. The zero-order chi connectivity index (χ0) is 20.1. The van der Waals surface area contributed by atoms with E-state index in [1.807, 2.05) is 24.7 Å². The van der Waals surface area contributed by atoms with Gasteiger partial charge in [-0.25, -0.2) is 15.0 Å². The summed E-state index contributed by atoms with van der Waals surface area (Å²) in [6, 6.07) is 9.38. The summed E-state index contributed by atoms with van der Waals surface area (Å²) in [7, 11) is 0. The Hall–Kier alpha value is -3.35. The quantitative estimate of drug-likeness (QED) is 0.740. The lowest BCUT2D eigenvalue weighted by molar-refractivity contribution is -0.116. The fourth-order valence-corrected chi connectivity index (χ4v) is 3.71. The van der Waals surface area contributed by atoms with E-state index >= 15 is 0 Å². The van der Waals surface area contributed by atoms with Gasteiger partial charge in [0.25, 0.3) is 5.91 Å². The summed E-state index contributed by atoms with van der Waals surface area (Å²) in [5.41, 5.74) is 4.01. The zero-order valence-electron chi connectivity index (χ0n) is 16.1. The number of hydrogen-bond acceptors (Lipinski definition) is 5. The number of aromatic nitrogens is 3. The smallest absolute Gasteiger partial charge is 0.267 e. The standard InChI is InChI=1S/C18H19N3O.C4H4N2O/c22-16-7-5-14(6-8-16)15-9-17-18(19-10-15)20-12-21(17)11-13-3-1-2-4-13;7-4-3-5-1-2-6-4/h5-10,12-13,22H,1-4,11H2;1-2H,3H2. The lowest BCUT2D eigenvalue weighted by atomic mass is 10.1. The average molecular weight is 389 g/mol. The SMILES string of the molecule is O=C1CN=CC=N1.Oc1ccc(-c2cnc3ncn(CC4CCCC4)c3c2)cc1. The molecule has 0 unspecified atom stereocenters. The Balaban J connectivity index is 0.000000249. The lowest BCUT2D eigenvalue weighted by Crippen LogP contribution is -2.06. The third-order valence-electron chi connectivity index (χ3n) is 5.22. The molecule has 0 spiro atoms. The zero-order valence-corrected chi connectivity index (χ0v) is 16.1. The van der Waals surface area contributed by atoms with Gasteiger partial charge >= 0.3 is 0 Å². The van der Waals surface area contributed by atoms with Crippen molar-refractivity contribution in [1.82, 2.24) is 14.5 Å². The van der Waals surface area contributed by atoms with Gasteiger partial charge in [-0.1, -0.05) is 25.0 Å². The number of pyridine rings is 1. The molecule has 1 aliphatic carbocycles. The van der Waals surface area contributed by atoms with Crippen molar-refractivity contribution in [3.05, 3.63) is 42.9 Å².